The first-order valence-electron chi connectivity index (χ1n) is 9.01. The van der Waals surface area contributed by atoms with Gasteiger partial charge in [0.05, 0.1) is 18.9 Å². The highest BCUT2D eigenvalue weighted by Crippen LogP contribution is 2.19. The second kappa shape index (κ2) is 9.07. The van der Waals surface area contributed by atoms with Crippen LogP contribution in [0.25, 0.3) is 5.69 Å². The average molecular weight is 388 g/mol. The number of aromatic nitrogens is 2. The van der Waals surface area contributed by atoms with E-state index in [2.05, 4.69) is 14.9 Å². The van der Waals surface area contributed by atoms with Crippen molar-refractivity contribution >= 4 is 18.4 Å². The van der Waals surface area contributed by atoms with E-state index in [1.54, 1.807) is 0 Å². The van der Waals surface area contributed by atoms with Gasteiger partial charge >= 0.3 is 0 Å². The Balaban J connectivity index is 1.73. The molecule has 144 valence electrons. The molecule has 8 heteroatoms. The van der Waals surface area contributed by atoms with Crippen molar-refractivity contribution in [3.63, 3.8) is 0 Å². The Hall–Kier alpha value is -2.29. The highest BCUT2D eigenvalue weighted by atomic mass is 32.1. The van der Waals surface area contributed by atoms with Gasteiger partial charge in [0.2, 0.25) is 5.88 Å². The highest BCUT2D eigenvalue weighted by molar-refractivity contribution is 7.71. The number of aliphatic imine (C=N–C) groups is 1. The number of hydrogen-bond acceptors (Lipinski definition) is 6. The molecule has 7 nitrogen and oxygen atoms in total. The molecule has 1 saturated heterocycles. The Morgan fingerprint density at radius 2 is 2.00 bits per heavy atom. The lowest BCUT2D eigenvalue weighted by Crippen LogP contribution is -2.37. The molecule has 1 aliphatic heterocycles. The highest BCUT2D eigenvalue weighted by Gasteiger charge is 2.12. The van der Waals surface area contributed by atoms with E-state index >= 15 is 0 Å². The number of nitrogens with one attached hydrogen (secondary N) is 1. The summed E-state index contributed by atoms with van der Waals surface area (Å²) in [4.78, 5) is 21.5. The first-order valence-corrected chi connectivity index (χ1v) is 9.42. The smallest absolute Gasteiger partial charge is 0.264 e. The van der Waals surface area contributed by atoms with Gasteiger partial charge in [-0.1, -0.05) is 17.7 Å². The zero-order valence-electron chi connectivity index (χ0n) is 15.4. The van der Waals surface area contributed by atoms with E-state index in [9.17, 15) is 9.90 Å². The number of nitrogens with zero attached hydrogens (tertiary/aromatic N) is 3. The van der Waals surface area contributed by atoms with Gasteiger partial charge in [0.25, 0.3) is 5.56 Å². The van der Waals surface area contributed by atoms with Crippen LogP contribution in [0, 0.1) is 11.7 Å². The van der Waals surface area contributed by atoms with Crippen LogP contribution in [0.3, 0.4) is 0 Å². The van der Waals surface area contributed by atoms with Crippen molar-refractivity contribution in [1.82, 2.24) is 14.5 Å². The molecule has 0 unspecified atom stereocenters. The third-order valence-corrected chi connectivity index (χ3v) is 4.78. The molecule has 0 atom stereocenters. The predicted octanol–water partition coefficient (Wildman–Crippen LogP) is 2.05. The minimum Gasteiger partial charge on any atom is -0.494 e. The van der Waals surface area contributed by atoms with Crippen molar-refractivity contribution in [2.75, 3.05) is 39.4 Å². The molecule has 1 fully saturated rings. The zero-order chi connectivity index (χ0) is 19.2. The first-order chi connectivity index (χ1) is 13.1. The Kier molecular flexibility index (Phi) is 6.54. The number of aromatic amines is 1. The van der Waals surface area contributed by atoms with E-state index in [-0.39, 0.29) is 16.2 Å². The van der Waals surface area contributed by atoms with Gasteiger partial charge in [0, 0.05) is 32.4 Å². The largest absolute Gasteiger partial charge is 0.494 e. The van der Waals surface area contributed by atoms with E-state index < -0.39 is 5.56 Å². The molecule has 1 aliphatic rings. The molecule has 0 aliphatic carbocycles. The van der Waals surface area contributed by atoms with Crippen LogP contribution in [0.4, 0.5) is 0 Å². The molecule has 0 spiro atoms. The van der Waals surface area contributed by atoms with E-state index in [1.165, 1.54) is 10.8 Å². The van der Waals surface area contributed by atoms with Crippen LogP contribution in [-0.4, -0.2) is 65.2 Å². The lowest BCUT2D eigenvalue weighted by molar-refractivity contribution is 0.0377. The van der Waals surface area contributed by atoms with Gasteiger partial charge in [-0.05, 0) is 37.7 Å². The standard InChI is InChI=1S/C19H24N4O3S/c1-14-3-5-15(6-4-14)23-18(25)16(17(24)21-19(23)27)13-20-7-2-8-22-9-11-26-12-10-22/h3-6,13,25H,2,7-12H2,1H3,(H,21,24,27). The van der Waals surface area contributed by atoms with Crippen LogP contribution >= 0.6 is 12.2 Å². The fourth-order valence-electron chi connectivity index (χ4n) is 2.95. The number of benzene rings is 1. The van der Waals surface area contributed by atoms with Gasteiger partial charge in [-0.25, -0.2) is 0 Å². The second-order valence-corrected chi connectivity index (χ2v) is 6.90. The van der Waals surface area contributed by atoms with Crippen molar-refractivity contribution < 1.29 is 9.84 Å². The summed E-state index contributed by atoms with van der Waals surface area (Å²) >= 11 is 5.22. The van der Waals surface area contributed by atoms with Crippen LogP contribution in [0.1, 0.15) is 17.5 Å². The number of ether oxygens (including phenoxy) is 1. The normalized spacial score (nSPS) is 15.4. The average Bonchev–Trinajstić information content (AvgIpc) is 2.66. The maximum atomic E-state index is 12.2. The van der Waals surface area contributed by atoms with Gasteiger partial charge in [0.15, 0.2) is 4.77 Å². The molecule has 0 saturated carbocycles. The van der Waals surface area contributed by atoms with Crippen molar-refractivity contribution in [2.45, 2.75) is 13.3 Å². The maximum Gasteiger partial charge on any atom is 0.264 e. The quantitative estimate of drug-likeness (QED) is 0.450. The third kappa shape index (κ3) is 4.91. The number of hydrogen-bond donors (Lipinski definition) is 2. The SMILES string of the molecule is Cc1ccc(-n2c(O)c(C=NCCCN3CCOCC3)c(=O)[nH]c2=S)cc1. The molecule has 1 aromatic heterocycles. The number of H-pyrrole nitrogens is 1. The lowest BCUT2D eigenvalue weighted by atomic mass is 10.2. The summed E-state index contributed by atoms with van der Waals surface area (Å²) in [6.45, 7) is 6.94. The Bertz CT molecular complexity index is 912. The summed E-state index contributed by atoms with van der Waals surface area (Å²) in [6.07, 6.45) is 2.30. The van der Waals surface area contributed by atoms with Gasteiger partial charge in [-0.15, -0.1) is 0 Å². The molecule has 2 N–H and O–H groups in total. The second-order valence-electron chi connectivity index (χ2n) is 6.51. The molecule has 3 rings (SSSR count). The number of rotatable bonds is 6. The molecule has 1 aromatic carbocycles. The molecule has 0 radical (unpaired) electrons. The number of aryl methyl sites for hydroxylation is 1. The molecule has 0 amide bonds. The summed E-state index contributed by atoms with van der Waals surface area (Å²) in [6, 6.07) is 7.51. The summed E-state index contributed by atoms with van der Waals surface area (Å²) < 4.78 is 6.91. The molecule has 0 bridgehead atoms. The summed E-state index contributed by atoms with van der Waals surface area (Å²) in [7, 11) is 0. The van der Waals surface area contributed by atoms with Gasteiger partial charge in [-0.2, -0.15) is 0 Å². The van der Waals surface area contributed by atoms with E-state index in [4.69, 9.17) is 17.0 Å². The minimum atomic E-state index is -0.446. The van der Waals surface area contributed by atoms with Gasteiger partial charge < -0.3 is 9.84 Å². The molecule has 27 heavy (non-hydrogen) atoms. The lowest BCUT2D eigenvalue weighted by Gasteiger charge is -2.26. The fourth-order valence-corrected chi connectivity index (χ4v) is 3.24. The predicted molar refractivity (Wildman–Crippen MR) is 108 cm³/mol. The van der Waals surface area contributed by atoms with Crippen LogP contribution in [0.2, 0.25) is 0 Å². The zero-order valence-corrected chi connectivity index (χ0v) is 16.2. The molecule has 2 aromatic rings. The molecular formula is C19H24N4O3S. The van der Waals surface area contributed by atoms with Gasteiger partial charge in [0.1, 0.15) is 5.56 Å². The van der Waals surface area contributed by atoms with Crippen molar-refractivity contribution in [2.24, 2.45) is 4.99 Å². The summed E-state index contributed by atoms with van der Waals surface area (Å²) in [5.41, 5.74) is 1.44. The molecular weight excluding hydrogens is 364 g/mol. The Labute approximate surface area is 162 Å². The monoisotopic (exact) mass is 388 g/mol. The van der Waals surface area contributed by atoms with E-state index in [0.29, 0.717) is 12.2 Å². The summed E-state index contributed by atoms with van der Waals surface area (Å²) in [5, 5.41) is 10.6. The van der Waals surface area contributed by atoms with Crippen molar-refractivity contribution in [3.8, 4) is 11.6 Å². The van der Waals surface area contributed by atoms with Crippen LogP contribution < -0.4 is 5.56 Å². The minimum absolute atomic E-state index is 0.107. The number of morpholine rings is 1. The van der Waals surface area contributed by atoms with E-state index in [1.807, 2.05) is 31.2 Å². The maximum absolute atomic E-state index is 12.2. The van der Waals surface area contributed by atoms with Crippen molar-refractivity contribution in [1.29, 1.82) is 0 Å². The topological polar surface area (TPSA) is 82.8 Å². The van der Waals surface area contributed by atoms with Crippen LogP contribution in [0.5, 0.6) is 5.88 Å². The third-order valence-electron chi connectivity index (χ3n) is 4.50. The first kappa shape index (κ1) is 19.5. The van der Waals surface area contributed by atoms with Crippen LogP contribution in [-0.2, 0) is 4.74 Å². The number of aromatic hydroxyl groups is 1. The van der Waals surface area contributed by atoms with E-state index in [0.717, 1.165) is 44.8 Å². The van der Waals surface area contributed by atoms with Crippen LogP contribution in [0.15, 0.2) is 34.1 Å². The Morgan fingerprint density at radius 1 is 1.30 bits per heavy atom. The Morgan fingerprint density at radius 3 is 2.70 bits per heavy atom. The molecule has 2 heterocycles. The summed E-state index contributed by atoms with van der Waals surface area (Å²) in [5.74, 6) is -0.204. The van der Waals surface area contributed by atoms with Crippen molar-refractivity contribution in [3.05, 3.63) is 50.5 Å². The fraction of sp³-hybridized carbons (Fsp3) is 0.421. The van der Waals surface area contributed by atoms with Gasteiger partial charge in [-0.3, -0.25) is 24.2 Å².